The maximum Gasteiger partial charge on any atom is 0.227 e. The molecule has 1 aliphatic carbocycles. The predicted molar refractivity (Wildman–Crippen MR) is 72.6 cm³/mol. The van der Waals surface area contributed by atoms with Crippen molar-refractivity contribution in [2.75, 3.05) is 6.54 Å². The van der Waals surface area contributed by atoms with Crippen LogP contribution in [0.3, 0.4) is 0 Å². The number of aryl methyl sites for hydroxylation is 1. The Morgan fingerprint density at radius 1 is 1.42 bits per heavy atom. The first kappa shape index (κ1) is 12.7. The molecule has 0 radical (unpaired) electrons. The fourth-order valence-electron chi connectivity index (χ4n) is 2.92. The highest BCUT2D eigenvalue weighted by Crippen LogP contribution is 2.31. The van der Waals surface area contributed by atoms with Gasteiger partial charge < -0.3 is 14.6 Å². The van der Waals surface area contributed by atoms with Crippen LogP contribution in [0.2, 0.25) is 0 Å². The largest absolute Gasteiger partial charge is 0.464 e. The van der Waals surface area contributed by atoms with Gasteiger partial charge in [-0.2, -0.15) is 0 Å². The van der Waals surface area contributed by atoms with E-state index in [1.54, 1.807) is 0 Å². The fraction of sp³-hybridized carbons (Fsp3) is 0.667. The third-order valence-electron chi connectivity index (χ3n) is 4.24. The molecule has 19 heavy (non-hydrogen) atoms. The van der Waals surface area contributed by atoms with Gasteiger partial charge in [0.05, 0.1) is 12.5 Å². The van der Waals surface area contributed by atoms with Crippen LogP contribution in [0.5, 0.6) is 0 Å². The van der Waals surface area contributed by atoms with E-state index in [2.05, 4.69) is 12.2 Å². The zero-order chi connectivity index (χ0) is 13.4. The van der Waals surface area contributed by atoms with Gasteiger partial charge in [0.15, 0.2) is 0 Å². The first-order chi connectivity index (χ1) is 9.15. The predicted octanol–water partition coefficient (Wildman–Crippen LogP) is 2.08. The minimum absolute atomic E-state index is 0.136. The van der Waals surface area contributed by atoms with Crippen LogP contribution in [-0.4, -0.2) is 29.4 Å². The van der Waals surface area contributed by atoms with E-state index in [1.165, 1.54) is 0 Å². The topological polar surface area (TPSA) is 45.5 Å². The van der Waals surface area contributed by atoms with E-state index in [9.17, 15) is 4.79 Å². The first-order valence-corrected chi connectivity index (χ1v) is 7.24. The van der Waals surface area contributed by atoms with Crippen LogP contribution < -0.4 is 5.32 Å². The molecule has 1 aromatic rings. The van der Waals surface area contributed by atoms with Gasteiger partial charge in [-0.15, -0.1) is 0 Å². The Labute approximate surface area is 114 Å². The smallest absolute Gasteiger partial charge is 0.227 e. The third kappa shape index (κ3) is 2.68. The monoisotopic (exact) mass is 262 g/mol. The molecule has 104 valence electrons. The van der Waals surface area contributed by atoms with Crippen LogP contribution in [-0.2, 0) is 11.3 Å². The van der Waals surface area contributed by atoms with Gasteiger partial charge in [0.2, 0.25) is 5.91 Å². The molecule has 1 N–H and O–H groups in total. The summed E-state index contributed by atoms with van der Waals surface area (Å²) < 4.78 is 5.62. The Hall–Kier alpha value is -1.29. The van der Waals surface area contributed by atoms with Crippen LogP contribution in [0, 0.1) is 12.8 Å². The normalized spacial score (nSPS) is 26.6. The van der Waals surface area contributed by atoms with Crippen molar-refractivity contribution in [3.63, 3.8) is 0 Å². The third-order valence-corrected chi connectivity index (χ3v) is 4.24. The van der Waals surface area contributed by atoms with Gasteiger partial charge in [0.1, 0.15) is 11.5 Å². The summed E-state index contributed by atoms with van der Waals surface area (Å²) in [5.74, 6) is 2.25. The molecular weight excluding hydrogens is 240 g/mol. The standard InChI is InChI=1S/C15H22N2O2/c1-10-3-6-13(19-10)9-17(12-4-5-12)15(18)14-7-8-16-11(14)2/h3,6,11-12,14,16H,4-5,7-9H2,1-2H3. The second kappa shape index (κ2) is 5.00. The van der Waals surface area contributed by atoms with E-state index in [-0.39, 0.29) is 5.92 Å². The fourth-order valence-corrected chi connectivity index (χ4v) is 2.92. The Bertz CT molecular complexity index is 464. The van der Waals surface area contributed by atoms with Gasteiger partial charge in [-0.3, -0.25) is 4.79 Å². The molecule has 4 nitrogen and oxygen atoms in total. The lowest BCUT2D eigenvalue weighted by molar-refractivity contribution is -0.137. The molecule has 1 aliphatic heterocycles. The first-order valence-electron chi connectivity index (χ1n) is 7.24. The van der Waals surface area contributed by atoms with Gasteiger partial charge in [0.25, 0.3) is 0 Å². The van der Waals surface area contributed by atoms with Crippen LogP contribution in [0.4, 0.5) is 0 Å². The van der Waals surface area contributed by atoms with Crippen molar-refractivity contribution in [1.29, 1.82) is 0 Å². The van der Waals surface area contributed by atoms with Crippen molar-refractivity contribution >= 4 is 5.91 Å². The zero-order valence-corrected chi connectivity index (χ0v) is 11.7. The minimum atomic E-state index is 0.136. The highest BCUT2D eigenvalue weighted by Gasteiger charge is 2.39. The number of nitrogens with zero attached hydrogens (tertiary/aromatic N) is 1. The maximum atomic E-state index is 12.7. The highest BCUT2D eigenvalue weighted by atomic mass is 16.3. The molecular formula is C15H22N2O2. The summed E-state index contributed by atoms with van der Waals surface area (Å²) in [5, 5.41) is 3.36. The minimum Gasteiger partial charge on any atom is -0.464 e. The number of furan rings is 1. The zero-order valence-electron chi connectivity index (χ0n) is 11.7. The van der Waals surface area contributed by atoms with Crippen molar-refractivity contribution in [1.82, 2.24) is 10.2 Å². The Morgan fingerprint density at radius 2 is 2.21 bits per heavy atom. The van der Waals surface area contributed by atoms with Gasteiger partial charge in [0, 0.05) is 12.1 Å². The van der Waals surface area contributed by atoms with Gasteiger partial charge >= 0.3 is 0 Å². The van der Waals surface area contributed by atoms with E-state index in [4.69, 9.17) is 4.42 Å². The average molecular weight is 262 g/mol. The molecule has 2 fully saturated rings. The number of rotatable bonds is 4. The molecule has 1 saturated carbocycles. The molecule has 0 bridgehead atoms. The second-order valence-corrected chi connectivity index (χ2v) is 5.85. The van der Waals surface area contributed by atoms with Crippen molar-refractivity contribution in [3.05, 3.63) is 23.7 Å². The number of amides is 1. The lowest BCUT2D eigenvalue weighted by atomic mass is 10.00. The summed E-state index contributed by atoms with van der Waals surface area (Å²) in [6.07, 6.45) is 3.24. The summed E-state index contributed by atoms with van der Waals surface area (Å²) in [5.41, 5.74) is 0. The van der Waals surface area contributed by atoms with E-state index >= 15 is 0 Å². The molecule has 2 atom stereocenters. The highest BCUT2D eigenvalue weighted by molar-refractivity contribution is 5.80. The number of hydrogen-bond donors (Lipinski definition) is 1. The molecule has 0 aromatic carbocycles. The molecule has 1 amide bonds. The molecule has 3 rings (SSSR count). The molecule has 1 aromatic heterocycles. The van der Waals surface area contributed by atoms with Gasteiger partial charge in [-0.25, -0.2) is 0 Å². The molecule has 0 spiro atoms. The van der Waals surface area contributed by atoms with E-state index in [0.29, 0.717) is 24.5 Å². The maximum absolute atomic E-state index is 12.7. The summed E-state index contributed by atoms with van der Waals surface area (Å²) >= 11 is 0. The number of hydrogen-bond acceptors (Lipinski definition) is 3. The molecule has 1 saturated heterocycles. The van der Waals surface area contributed by atoms with Crippen molar-refractivity contribution in [2.24, 2.45) is 5.92 Å². The number of carbonyl (C=O) groups is 1. The average Bonchev–Trinajstić information content (AvgIpc) is 3.01. The van der Waals surface area contributed by atoms with Crippen LogP contribution in [0.1, 0.15) is 37.7 Å². The van der Waals surface area contributed by atoms with Crippen LogP contribution in [0.25, 0.3) is 0 Å². The summed E-state index contributed by atoms with van der Waals surface area (Å²) in [6, 6.07) is 4.68. The lowest BCUT2D eigenvalue weighted by Crippen LogP contribution is -2.41. The van der Waals surface area contributed by atoms with E-state index < -0.39 is 0 Å². The summed E-state index contributed by atoms with van der Waals surface area (Å²) in [7, 11) is 0. The van der Waals surface area contributed by atoms with E-state index in [1.807, 2.05) is 24.0 Å². The second-order valence-electron chi connectivity index (χ2n) is 5.85. The molecule has 2 unspecified atom stereocenters. The van der Waals surface area contributed by atoms with Gasteiger partial charge in [-0.05, 0) is 51.8 Å². The van der Waals surface area contributed by atoms with Crippen LogP contribution in [0.15, 0.2) is 16.5 Å². The Morgan fingerprint density at radius 3 is 2.74 bits per heavy atom. The van der Waals surface area contributed by atoms with E-state index in [0.717, 1.165) is 37.3 Å². The van der Waals surface area contributed by atoms with Crippen molar-refractivity contribution in [3.8, 4) is 0 Å². The lowest BCUT2D eigenvalue weighted by Gasteiger charge is -2.26. The Kier molecular flexibility index (Phi) is 3.35. The molecule has 2 heterocycles. The van der Waals surface area contributed by atoms with Gasteiger partial charge in [-0.1, -0.05) is 0 Å². The number of nitrogens with one attached hydrogen (secondary N) is 1. The molecule has 2 aliphatic rings. The Balaban J connectivity index is 1.71. The SMILES string of the molecule is Cc1ccc(CN(C(=O)C2CCNC2C)C2CC2)o1. The quantitative estimate of drug-likeness (QED) is 0.903. The summed E-state index contributed by atoms with van der Waals surface area (Å²) in [4.78, 5) is 14.7. The summed E-state index contributed by atoms with van der Waals surface area (Å²) in [6.45, 7) is 5.63. The van der Waals surface area contributed by atoms with Crippen LogP contribution >= 0.6 is 0 Å². The molecule has 4 heteroatoms. The number of carbonyl (C=O) groups excluding carboxylic acids is 1. The van der Waals surface area contributed by atoms with Crippen molar-refractivity contribution in [2.45, 2.75) is 51.7 Å². The van der Waals surface area contributed by atoms with Crippen molar-refractivity contribution < 1.29 is 9.21 Å².